The quantitative estimate of drug-likeness (QED) is 0.723. The van der Waals surface area contributed by atoms with Gasteiger partial charge in [-0.3, -0.25) is 4.79 Å². The van der Waals surface area contributed by atoms with Crippen LogP contribution in [0.15, 0.2) is 24.3 Å². The Labute approximate surface area is 97.6 Å². The van der Waals surface area contributed by atoms with Crippen LogP contribution in [0.5, 0.6) is 5.75 Å². The Bertz CT molecular complexity index is 361. The highest BCUT2D eigenvalue weighted by Crippen LogP contribution is 2.20. The summed E-state index contributed by atoms with van der Waals surface area (Å²) in [6, 6.07) is 7.34. The van der Waals surface area contributed by atoms with E-state index in [4.69, 9.17) is 4.74 Å². The highest BCUT2D eigenvalue weighted by molar-refractivity contribution is 5.94. The fraction of sp³-hybridized carbons (Fsp3) is 0.500. The number of carbonyl (C=O) groups is 1. The second-order valence-corrected chi connectivity index (χ2v) is 5.24. The number of rotatable bonds is 4. The molecule has 0 N–H and O–H groups in total. The van der Waals surface area contributed by atoms with Crippen molar-refractivity contribution >= 4 is 5.78 Å². The molecule has 0 saturated heterocycles. The average molecular weight is 220 g/mol. The highest BCUT2D eigenvalue weighted by atomic mass is 16.5. The summed E-state index contributed by atoms with van der Waals surface area (Å²) in [5, 5.41) is 0. The number of ketones is 1. The molecule has 0 fully saturated rings. The van der Waals surface area contributed by atoms with Gasteiger partial charge in [0.2, 0.25) is 0 Å². The van der Waals surface area contributed by atoms with E-state index in [0.717, 1.165) is 12.2 Å². The van der Waals surface area contributed by atoms with Crippen LogP contribution in [0.4, 0.5) is 0 Å². The lowest BCUT2D eigenvalue weighted by Crippen LogP contribution is -2.11. The molecule has 2 nitrogen and oxygen atoms in total. The van der Waals surface area contributed by atoms with E-state index in [9.17, 15) is 4.79 Å². The Morgan fingerprint density at radius 1 is 1.31 bits per heavy atom. The van der Waals surface area contributed by atoms with Crippen molar-refractivity contribution in [3.8, 4) is 5.75 Å². The molecule has 0 saturated carbocycles. The molecule has 0 unspecified atom stereocenters. The summed E-state index contributed by atoms with van der Waals surface area (Å²) in [6.07, 6.45) is 0.997. The van der Waals surface area contributed by atoms with E-state index in [-0.39, 0.29) is 11.2 Å². The molecule has 2 heteroatoms. The van der Waals surface area contributed by atoms with E-state index in [1.54, 1.807) is 19.1 Å². The lowest BCUT2D eigenvalue weighted by molar-refractivity contribution is 0.101. The summed E-state index contributed by atoms with van der Waals surface area (Å²) in [5.74, 6) is 0.846. The minimum Gasteiger partial charge on any atom is -0.494 e. The van der Waals surface area contributed by atoms with Crippen molar-refractivity contribution in [3.63, 3.8) is 0 Å². The monoisotopic (exact) mass is 220 g/mol. The van der Waals surface area contributed by atoms with Crippen molar-refractivity contribution in [3.05, 3.63) is 29.8 Å². The molecular weight excluding hydrogens is 200 g/mol. The molecule has 0 aliphatic heterocycles. The van der Waals surface area contributed by atoms with Gasteiger partial charge in [0.1, 0.15) is 5.75 Å². The fourth-order valence-corrected chi connectivity index (χ4v) is 1.28. The smallest absolute Gasteiger partial charge is 0.159 e. The van der Waals surface area contributed by atoms with Gasteiger partial charge in [0, 0.05) is 5.56 Å². The first kappa shape index (κ1) is 12.8. The van der Waals surface area contributed by atoms with E-state index in [1.165, 1.54) is 0 Å². The summed E-state index contributed by atoms with van der Waals surface area (Å²) in [5.41, 5.74) is 0.978. The molecule has 1 rings (SSSR count). The third-order valence-electron chi connectivity index (χ3n) is 2.36. The van der Waals surface area contributed by atoms with Gasteiger partial charge < -0.3 is 4.74 Å². The predicted molar refractivity (Wildman–Crippen MR) is 66.0 cm³/mol. The minimum atomic E-state index is 0.0706. The zero-order valence-corrected chi connectivity index (χ0v) is 10.5. The lowest BCUT2D eigenvalue weighted by atomic mass is 9.93. The summed E-state index contributed by atoms with van der Waals surface area (Å²) in [7, 11) is 0. The van der Waals surface area contributed by atoms with Crippen LogP contribution >= 0.6 is 0 Å². The number of benzene rings is 1. The number of Topliss-reactive ketones (excluding diaryl/α,β-unsaturated/α-hetero) is 1. The van der Waals surface area contributed by atoms with Crippen LogP contribution in [-0.4, -0.2) is 12.4 Å². The summed E-state index contributed by atoms with van der Waals surface area (Å²) in [6.45, 7) is 8.80. The van der Waals surface area contributed by atoms with Gasteiger partial charge in [-0.15, -0.1) is 0 Å². The van der Waals surface area contributed by atoms with Crippen molar-refractivity contribution < 1.29 is 9.53 Å². The second kappa shape index (κ2) is 5.15. The van der Waals surface area contributed by atoms with Crippen molar-refractivity contribution in [2.75, 3.05) is 6.61 Å². The van der Waals surface area contributed by atoms with Gasteiger partial charge in [-0.1, -0.05) is 32.9 Å². The summed E-state index contributed by atoms with van der Waals surface area (Å²) in [4.78, 5) is 11.2. The zero-order chi connectivity index (χ0) is 12.2. The molecule has 0 spiro atoms. The maximum Gasteiger partial charge on any atom is 0.159 e. The van der Waals surface area contributed by atoms with E-state index < -0.39 is 0 Å². The second-order valence-electron chi connectivity index (χ2n) is 5.24. The minimum absolute atomic E-state index is 0.0706. The van der Waals surface area contributed by atoms with Crippen molar-refractivity contribution in [2.24, 2.45) is 5.41 Å². The summed E-state index contributed by atoms with van der Waals surface area (Å²) < 4.78 is 5.62. The Morgan fingerprint density at radius 2 is 2.00 bits per heavy atom. The maximum absolute atomic E-state index is 11.2. The van der Waals surface area contributed by atoms with Gasteiger partial charge in [0.05, 0.1) is 6.61 Å². The number of ether oxygens (including phenoxy) is 1. The Morgan fingerprint density at radius 3 is 2.56 bits per heavy atom. The van der Waals surface area contributed by atoms with Crippen molar-refractivity contribution in [2.45, 2.75) is 34.1 Å². The first-order valence-corrected chi connectivity index (χ1v) is 5.62. The third-order valence-corrected chi connectivity index (χ3v) is 2.36. The lowest BCUT2D eigenvalue weighted by Gasteiger charge is -2.18. The predicted octanol–water partition coefficient (Wildman–Crippen LogP) is 3.70. The Kier molecular flexibility index (Phi) is 4.11. The van der Waals surface area contributed by atoms with Crippen LogP contribution in [0.3, 0.4) is 0 Å². The number of hydrogen-bond acceptors (Lipinski definition) is 2. The van der Waals surface area contributed by atoms with E-state index in [1.807, 2.05) is 12.1 Å². The molecular formula is C14H20O2. The van der Waals surface area contributed by atoms with Gasteiger partial charge in [0.25, 0.3) is 0 Å². The standard InChI is InChI=1S/C14H20O2/c1-11(15)12-6-5-7-13(10-12)16-9-8-14(2,3)4/h5-7,10H,8-9H2,1-4H3. The molecule has 1 aromatic rings. The van der Waals surface area contributed by atoms with E-state index in [2.05, 4.69) is 20.8 Å². The number of carbonyl (C=O) groups excluding carboxylic acids is 1. The summed E-state index contributed by atoms with van der Waals surface area (Å²) >= 11 is 0. The van der Waals surface area contributed by atoms with E-state index in [0.29, 0.717) is 12.2 Å². The van der Waals surface area contributed by atoms with Gasteiger partial charge >= 0.3 is 0 Å². The number of hydrogen-bond donors (Lipinski definition) is 0. The highest BCUT2D eigenvalue weighted by Gasteiger charge is 2.10. The van der Waals surface area contributed by atoms with Crippen LogP contribution in [-0.2, 0) is 0 Å². The maximum atomic E-state index is 11.2. The molecule has 0 aromatic heterocycles. The van der Waals surface area contributed by atoms with Crippen LogP contribution in [0.25, 0.3) is 0 Å². The zero-order valence-electron chi connectivity index (χ0n) is 10.5. The van der Waals surface area contributed by atoms with Crippen molar-refractivity contribution in [1.82, 2.24) is 0 Å². The molecule has 16 heavy (non-hydrogen) atoms. The van der Waals surface area contributed by atoms with Gasteiger partial charge in [-0.2, -0.15) is 0 Å². The molecule has 88 valence electrons. The normalized spacial score (nSPS) is 11.2. The Balaban J connectivity index is 2.55. The topological polar surface area (TPSA) is 26.3 Å². The molecule has 0 radical (unpaired) electrons. The van der Waals surface area contributed by atoms with Crippen LogP contribution in [0.1, 0.15) is 44.5 Å². The molecule has 0 heterocycles. The first-order chi connectivity index (χ1) is 7.38. The fourth-order valence-electron chi connectivity index (χ4n) is 1.28. The average Bonchev–Trinajstić information content (AvgIpc) is 2.16. The molecule has 0 atom stereocenters. The molecule has 1 aromatic carbocycles. The van der Waals surface area contributed by atoms with Gasteiger partial charge in [0.15, 0.2) is 5.78 Å². The first-order valence-electron chi connectivity index (χ1n) is 5.62. The van der Waals surface area contributed by atoms with Gasteiger partial charge in [-0.25, -0.2) is 0 Å². The third kappa shape index (κ3) is 4.47. The van der Waals surface area contributed by atoms with E-state index >= 15 is 0 Å². The van der Waals surface area contributed by atoms with Crippen molar-refractivity contribution in [1.29, 1.82) is 0 Å². The van der Waals surface area contributed by atoms with Gasteiger partial charge in [-0.05, 0) is 30.9 Å². The van der Waals surface area contributed by atoms with Crippen LogP contribution in [0.2, 0.25) is 0 Å². The molecule has 0 aliphatic rings. The van der Waals surface area contributed by atoms with Crippen LogP contribution < -0.4 is 4.74 Å². The molecule has 0 aliphatic carbocycles. The molecule has 0 amide bonds. The van der Waals surface area contributed by atoms with Crippen LogP contribution in [0, 0.1) is 5.41 Å². The molecule has 0 bridgehead atoms. The Hall–Kier alpha value is -1.31. The largest absolute Gasteiger partial charge is 0.494 e. The SMILES string of the molecule is CC(=O)c1cccc(OCCC(C)(C)C)c1.